The molecule has 3 rings (SSSR count). The van der Waals surface area contributed by atoms with Crippen molar-refractivity contribution in [3.05, 3.63) is 59.6 Å². The summed E-state index contributed by atoms with van der Waals surface area (Å²) in [4.78, 5) is 0. The van der Waals surface area contributed by atoms with Gasteiger partial charge in [0.1, 0.15) is 0 Å². The van der Waals surface area contributed by atoms with Crippen molar-refractivity contribution < 1.29 is 4.70 Å². The number of hydrogen-bond donors (Lipinski definition) is 0. The molecule has 0 bridgehead atoms. The Kier molecular flexibility index (Phi) is 4.75. The van der Waals surface area contributed by atoms with E-state index < -0.39 is 0 Å². The lowest BCUT2D eigenvalue weighted by Gasteiger charge is -2.04. The van der Waals surface area contributed by atoms with Crippen LogP contribution in [0.25, 0.3) is 21.5 Å². The summed E-state index contributed by atoms with van der Waals surface area (Å²) in [6.45, 7) is 0. The predicted molar refractivity (Wildman–Crippen MR) is 74.7 cm³/mol. The number of fused-ring (bicyclic) bond motifs is 3. The molecule has 17 heavy (non-hydrogen) atoms. The lowest BCUT2D eigenvalue weighted by Crippen LogP contribution is -1.77. The molecule has 82 valence electrons. The SMILES string of the molecule is Clc1cccc2c1ccc1ccccc12.F.[Mg]. The van der Waals surface area contributed by atoms with Gasteiger partial charge >= 0.3 is 0 Å². The molecule has 0 saturated heterocycles. The van der Waals surface area contributed by atoms with E-state index in [-0.39, 0.29) is 27.8 Å². The minimum absolute atomic E-state index is 0. The van der Waals surface area contributed by atoms with Crippen molar-refractivity contribution in [2.45, 2.75) is 0 Å². The fourth-order valence-electron chi connectivity index (χ4n) is 2.00. The van der Waals surface area contributed by atoms with Crippen LogP contribution >= 0.6 is 11.6 Å². The summed E-state index contributed by atoms with van der Waals surface area (Å²) in [7, 11) is 0. The minimum atomic E-state index is 0. The Morgan fingerprint density at radius 3 is 2.18 bits per heavy atom. The zero-order valence-corrected chi connectivity index (χ0v) is 11.4. The molecule has 0 atom stereocenters. The zero-order chi connectivity index (χ0) is 10.3. The molecular formula is C14H10ClFMg. The number of halogens is 2. The highest BCUT2D eigenvalue weighted by Crippen LogP contribution is 2.29. The van der Waals surface area contributed by atoms with Crippen molar-refractivity contribution in [2.24, 2.45) is 0 Å². The average Bonchev–Trinajstić information content (AvgIpc) is 2.29. The zero-order valence-electron chi connectivity index (χ0n) is 9.19. The Labute approximate surface area is 120 Å². The first-order chi connectivity index (χ1) is 7.36. The Morgan fingerprint density at radius 2 is 1.35 bits per heavy atom. The molecule has 0 aliphatic rings. The quantitative estimate of drug-likeness (QED) is 0.413. The molecule has 3 aromatic rings. The Balaban J connectivity index is 0.000000722. The van der Waals surface area contributed by atoms with Crippen LogP contribution in [-0.2, 0) is 0 Å². The van der Waals surface area contributed by atoms with Crippen molar-refractivity contribution >= 4 is 56.2 Å². The fourth-order valence-corrected chi connectivity index (χ4v) is 2.24. The lowest BCUT2D eigenvalue weighted by molar-refractivity contribution is 1.11. The van der Waals surface area contributed by atoms with Gasteiger partial charge in [0.15, 0.2) is 0 Å². The molecule has 0 aliphatic heterocycles. The van der Waals surface area contributed by atoms with Crippen LogP contribution in [0.15, 0.2) is 54.6 Å². The van der Waals surface area contributed by atoms with E-state index in [4.69, 9.17) is 11.6 Å². The second-order valence-electron chi connectivity index (χ2n) is 3.62. The van der Waals surface area contributed by atoms with E-state index in [9.17, 15) is 0 Å². The number of rotatable bonds is 0. The van der Waals surface area contributed by atoms with Gasteiger partial charge in [-0.2, -0.15) is 0 Å². The maximum atomic E-state index is 6.16. The predicted octanol–water partition coefficient (Wildman–Crippen LogP) is 4.42. The van der Waals surface area contributed by atoms with E-state index in [1.165, 1.54) is 16.2 Å². The van der Waals surface area contributed by atoms with Gasteiger partial charge < -0.3 is 0 Å². The van der Waals surface area contributed by atoms with E-state index in [1.807, 2.05) is 12.1 Å². The largest absolute Gasteiger partial charge is 0.269 e. The van der Waals surface area contributed by atoms with Crippen LogP contribution in [0.2, 0.25) is 5.02 Å². The lowest BCUT2D eigenvalue weighted by atomic mass is 10.0. The summed E-state index contributed by atoms with van der Waals surface area (Å²) < 4.78 is 0. The van der Waals surface area contributed by atoms with Gasteiger partial charge in [-0.05, 0) is 22.2 Å². The molecular weight excluding hydrogens is 247 g/mol. The van der Waals surface area contributed by atoms with Gasteiger partial charge in [-0.25, -0.2) is 0 Å². The molecule has 0 aromatic heterocycles. The van der Waals surface area contributed by atoms with Gasteiger partial charge in [-0.15, -0.1) is 0 Å². The van der Waals surface area contributed by atoms with Gasteiger partial charge in [0, 0.05) is 33.5 Å². The molecule has 0 aliphatic carbocycles. The molecule has 0 N–H and O–H groups in total. The molecule has 0 amide bonds. The third-order valence-corrected chi connectivity index (χ3v) is 3.06. The maximum absolute atomic E-state index is 6.16. The standard InChI is InChI=1S/C14H9Cl.FH.Mg/c15-14-7-3-6-12-11-5-2-1-4-10(11)8-9-13(12)14;;/h1-9H;1H;. The molecule has 0 heterocycles. The molecule has 0 unspecified atom stereocenters. The van der Waals surface area contributed by atoms with Crippen molar-refractivity contribution in [3.63, 3.8) is 0 Å². The summed E-state index contributed by atoms with van der Waals surface area (Å²) in [5.41, 5.74) is 0. The highest BCUT2D eigenvalue weighted by molar-refractivity contribution is 6.36. The van der Waals surface area contributed by atoms with Gasteiger partial charge in [0.25, 0.3) is 0 Å². The van der Waals surface area contributed by atoms with Crippen LogP contribution < -0.4 is 0 Å². The monoisotopic (exact) mass is 256 g/mol. The van der Waals surface area contributed by atoms with Gasteiger partial charge in [-0.1, -0.05) is 60.1 Å². The Hall–Kier alpha value is -0.834. The summed E-state index contributed by atoms with van der Waals surface area (Å²) in [6, 6.07) is 18.6. The van der Waals surface area contributed by atoms with Crippen molar-refractivity contribution in [1.29, 1.82) is 0 Å². The topological polar surface area (TPSA) is 0 Å². The molecule has 0 nitrogen and oxygen atoms in total. The highest BCUT2D eigenvalue weighted by atomic mass is 35.5. The Morgan fingerprint density at radius 1 is 0.647 bits per heavy atom. The summed E-state index contributed by atoms with van der Waals surface area (Å²) in [6.07, 6.45) is 0. The van der Waals surface area contributed by atoms with E-state index in [0.29, 0.717) is 0 Å². The van der Waals surface area contributed by atoms with Crippen LogP contribution in [0, 0.1) is 0 Å². The van der Waals surface area contributed by atoms with Crippen LogP contribution in [0.1, 0.15) is 0 Å². The van der Waals surface area contributed by atoms with Crippen LogP contribution in [0.3, 0.4) is 0 Å². The second-order valence-corrected chi connectivity index (χ2v) is 4.03. The first kappa shape index (κ1) is 14.2. The number of hydrogen-bond acceptors (Lipinski definition) is 0. The van der Waals surface area contributed by atoms with Crippen LogP contribution in [0.5, 0.6) is 0 Å². The first-order valence-electron chi connectivity index (χ1n) is 4.92. The minimum Gasteiger partial charge on any atom is -0.269 e. The third kappa shape index (κ3) is 2.39. The molecule has 0 spiro atoms. The van der Waals surface area contributed by atoms with Crippen molar-refractivity contribution in [2.75, 3.05) is 0 Å². The smallest absolute Gasteiger partial charge is 0.0484 e. The summed E-state index contributed by atoms with van der Waals surface area (Å²) >= 11 is 6.16. The van der Waals surface area contributed by atoms with Crippen LogP contribution in [-0.4, -0.2) is 23.1 Å². The van der Waals surface area contributed by atoms with Crippen molar-refractivity contribution in [3.8, 4) is 0 Å². The van der Waals surface area contributed by atoms with Gasteiger partial charge in [-0.3, -0.25) is 4.70 Å². The maximum Gasteiger partial charge on any atom is 0.0484 e. The Bertz CT molecular complexity index is 652. The van der Waals surface area contributed by atoms with Gasteiger partial charge in [0.2, 0.25) is 0 Å². The fraction of sp³-hybridized carbons (Fsp3) is 0. The van der Waals surface area contributed by atoms with Crippen molar-refractivity contribution in [1.82, 2.24) is 0 Å². The molecule has 3 aromatic carbocycles. The van der Waals surface area contributed by atoms with Crippen LogP contribution in [0.4, 0.5) is 4.70 Å². The highest BCUT2D eigenvalue weighted by Gasteiger charge is 2.01. The second kappa shape index (κ2) is 5.67. The first-order valence-corrected chi connectivity index (χ1v) is 5.30. The average molecular weight is 257 g/mol. The van der Waals surface area contributed by atoms with E-state index in [0.717, 1.165) is 10.4 Å². The molecule has 3 heteroatoms. The van der Waals surface area contributed by atoms with E-state index >= 15 is 0 Å². The summed E-state index contributed by atoms with van der Waals surface area (Å²) in [5.74, 6) is 0. The normalized spacial score (nSPS) is 9.71. The van der Waals surface area contributed by atoms with E-state index in [2.05, 4.69) is 42.5 Å². The molecule has 2 radical (unpaired) electrons. The number of benzene rings is 3. The molecule has 0 saturated carbocycles. The van der Waals surface area contributed by atoms with Gasteiger partial charge in [0.05, 0.1) is 0 Å². The van der Waals surface area contributed by atoms with E-state index in [1.54, 1.807) is 0 Å². The molecule has 0 fully saturated rings. The summed E-state index contributed by atoms with van der Waals surface area (Å²) in [5, 5.41) is 5.68. The third-order valence-electron chi connectivity index (χ3n) is 2.73.